The Balaban J connectivity index is 1.64. The van der Waals surface area contributed by atoms with Gasteiger partial charge in [0.05, 0.1) is 12.7 Å². The highest BCUT2D eigenvalue weighted by molar-refractivity contribution is 5.44. The number of nitrogens with zero attached hydrogens (tertiary/aromatic N) is 1. The fraction of sp³-hybridized carbons (Fsp3) is 0.647. The molecule has 3 unspecified atom stereocenters. The van der Waals surface area contributed by atoms with Crippen molar-refractivity contribution in [3.8, 4) is 5.75 Å². The van der Waals surface area contributed by atoms with Crippen molar-refractivity contribution in [3.63, 3.8) is 0 Å². The lowest BCUT2D eigenvalue weighted by Crippen LogP contribution is -2.53. The Hall–Kier alpha value is -1.06. The van der Waals surface area contributed by atoms with Crippen LogP contribution in [0.2, 0.25) is 0 Å². The van der Waals surface area contributed by atoms with E-state index in [4.69, 9.17) is 4.74 Å². The van der Waals surface area contributed by atoms with Crippen LogP contribution in [0.15, 0.2) is 18.2 Å². The maximum absolute atomic E-state index is 10.0. The standard InChI is InChI=1S/C17H23NO2/c19-16-6-3-4-12-13(16)8-9-14(12)18-10-11-20-17-7-2-1-5-15(17)18/h3-4,6,14-15,17,19H,1-2,5,7-11H2. The first kappa shape index (κ1) is 12.7. The fourth-order valence-electron chi connectivity index (χ4n) is 4.47. The zero-order chi connectivity index (χ0) is 13.5. The van der Waals surface area contributed by atoms with E-state index in [1.54, 1.807) is 0 Å². The quantitative estimate of drug-likeness (QED) is 0.853. The summed E-state index contributed by atoms with van der Waals surface area (Å²) < 4.78 is 5.99. The topological polar surface area (TPSA) is 32.7 Å². The van der Waals surface area contributed by atoms with E-state index in [1.165, 1.54) is 36.8 Å². The SMILES string of the molecule is Oc1cccc2c1CCC2N1CCOC2CCCCC21. The summed E-state index contributed by atoms with van der Waals surface area (Å²) in [6.45, 7) is 1.91. The molecule has 108 valence electrons. The van der Waals surface area contributed by atoms with Crippen molar-refractivity contribution in [1.82, 2.24) is 4.90 Å². The Labute approximate surface area is 120 Å². The van der Waals surface area contributed by atoms with Gasteiger partial charge in [0.15, 0.2) is 0 Å². The van der Waals surface area contributed by atoms with Crippen LogP contribution in [0.3, 0.4) is 0 Å². The fourth-order valence-corrected chi connectivity index (χ4v) is 4.47. The summed E-state index contributed by atoms with van der Waals surface area (Å²) in [5.41, 5.74) is 2.53. The molecular weight excluding hydrogens is 250 g/mol. The van der Waals surface area contributed by atoms with Gasteiger partial charge in [-0.1, -0.05) is 25.0 Å². The average molecular weight is 273 g/mol. The first-order valence-electron chi connectivity index (χ1n) is 8.02. The van der Waals surface area contributed by atoms with Crippen LogP contribution in [0, 0.1) is 0 Å². The third-order valence-corrected chi connectivity index (χ3v) is 5.39. The summed E-state index contributed by atoms with van der Waals surface area (Å²) in [6.07, 6.45) is 7.75. The highest BCUT2D eigenvalue weighted by Crippen LogP contribution is 2.43. The van der Waals surface area contributed by atoms with Crippen LogP contribution in [-0.4, -0.2) is 35.3 Å². The second-order valence-corrected chi connectivity index (χ2v) is 6.40. The third kappa shape index (κ3) is 1.95. The molecule has 3 heteroatoms. The maximum Gasteiger partial charge on any atom is 0.119 e. The van der Waals surface area contributed by atoms with Gasteiger partial charge in [-0.3, -0.25) is 4.90 Å². The smallest absolute Gasteiger partial charge is 0.119 e. The number of hydrogen-bond donors (Lipinski definition) is 1. The van der Waals surface area contributed by atoms with E-state index in [2.05, 4.69) is 11.0 Å². The van der Waals surface area contributed by atoms with E-state index >= 15 is 0 Å². The van der Waals surface area contributed by atoms with E-state index in [9.17, 15) is 5.11 Å². The van der Waals surface area contributed by atoms with Gasteiger partial charge in [-0.2, -0.15) is 0 Å². The highest BCUT2D eigenvalue weighted by Gasteiger charge is 2.40. The van der Waals surface area contributed by atoms with Crippen LogP contribution in [-0.2, 0) is 11.2 Å². The lowest BCUT2D eigenvalue weighted by Gasteiger charge is -2.46. The molecular formula is C17H23NO2. The van der Waals surface area contributed by atoms with Crippen LogP contribution in [0.1, 0.15) is 49.3 Å². The van der Waals surface area contributed by atoms with Crippen molar-refractivity contribution in [2.45, 2.75) is 56.7 Å². The minimum Gasteiger partial charge on any atom is -0.508 e. The molecule has 1 saturated heterocycles. The summed E-state index contributed by atoms with van der Waals surface area (Å²) >= 11 is 0. The van der Waals surface area contributed by atoms with Gasteiger partial charge in [-0.25, -0.2) is 0 Å². The third-order valence-electron chi connectivity index (χ3n) is 5.39. The van der Waals surface area contributed by atoms with Gasteiger partial charge in [-0.05, 0) is 42.9 Å². The Morgan fingerprint density at radius 1 is 1.15 bits per heavy atom. The van der Waals surface area contributed by atoms with Crippen molar-refractivity contribution in [2.24, 2.45) is 0 Å². The summed E-state index contributed by atoms with van der Waals surface area (Å²) in [6, 6.07) is 7.11. The molecule has 3 nitrogen and oxygen atoms in total. The van der Waals surface area contributed by atoms with Gasteiger partial charge in [0.1, 0.15) is 5.75 Å². The molecule has 0 radical (unpaired) electrons. The van der Waals surface area contributed by atoms with Crippen LogP contribution >= 0.6 is 0 Å². The minimum atomic E-state index is 0.443. The number of ether oxygens (including phenoxy) is 1. The van der Waals surface area contributed by atoms with Crippen LogP contribution in [0.25, 0.3) is 0 Å². The highest BCUT2D eigenvalue weighted by atomic mass is 16.5. The predicted octanol–water partition coefficient (Wildman–Crippen LogP) is 3.02. The van der Waals surface area contributed by atoms with Gasteiger partial charge in [-0.15, -0.1) is 0 Å². The molecule has 2 aliphatic carbocycles. The number of hydrogen-bond acceptors (Lipinski definition) is 3. The van der Waals surface area contributed by atoms with Crippen molar-refractivity contribution < 1.29 is 9.84 Å². The zero-order valence-electron chi connectivity index (χ0n) is 11.9. The lowest BCUT2D eigenvalue weighted by molar-refractivity contribution is -0.103. The number of aromatic hydroxyl groups is 1. The molecule has 20 heavy (non-hydrogen) atoms. The van der Waals surface area contributed by atoms with E-state index < -0.39 is 0 Å². The molecule has 1 aliphatic heterocycles. The molecule has 2 fully saturated rings. The number of benzene rings is 1. The molecule has 0 spiro atoms. The van der Waals surface area contributed by atoms with Crippen molar-refractivity contribution in [2.75, 3.05) is 13.2 Å². The first-order chi connectivity index (χ1) is 9.84. The summed E-state index contributed by atoms with van der Waals surface area (Å²) in [5, 5.41) is 10.0. The van der Waals surface area contributed by atoms with Gasteiger partial charge in [0.25, 0.3) is 0 Å². The van der Waals surface area contributed by atoms with Crippen LogP contribution < -0.4 is 0 Å². The minimum absolute atomic E-state index is 0.443. The molecule has 0 bridgehead atoms. The van der Waals surface area contributed by atoms with Crippen molar-refractivity contribution >= 4 is 0 Å². The van der Waals surface area contributed by atoms with Crippen molar-refractivity contribution in [3.05, 3.63) is 29.3 Å². The number of phenols is 1. The summed E-state index contributed by atoms with van der Waals surface area (Å²) in [4.78, 5) is 2.68. The number of fused-ring (bicyclic) bond motifs is 2. The Morgan fingerprint density at radius 2 is 2.05 bits per heavy atom. The molecule has 4 rings (SSSR count). The number of morpholine rings is 1. The second-order valence-electron chi connectivity index (χ2n) is 6.40. The molecule has 0 amide bonds. The van der Waals surface area contributed by atoms with Gasteiger partial charge >= 0.3 is 0 Å². The zero-order valence-corrected chi connectivity index (χ0v) is 11.9. The Bertz CT molecular complexity index is 500. The monoisotopic (exact) mass is 273 g/mol. The Kier molecular flexibility index (Phi) is 3.20. The maximum atomic E-state index is 10.0. The molecule has 1 heterocycles. The largest absolute Gasteiger partial charge is 0.508 e. The molecule has 3 atom stereocenters. The van der Waals surface area contributed by atoms with Gasteiger partial charge in [0, 0.05) is 18.6 Å². The predicted molar refractivity (Wildman–Crippen MR) is 77.9 cm³/mol. The molecule has 1 aromatic carbocycles. The Morgan fingerprint density at radius 3 is 3.00 bits per heavy atom. The second kappa shape index (κ2) is 5.05. The molecule has 3 aliphatic rings. The molecule has 1 aromatic rings. The molecule has 0 aromatic heterocycles. The van der Waals surface area contributed by atoms with Gasteiger partial charge < -0.3 is 9.84 Å². The summed E-state index contributed by atoms with van der Waals surface area (Å²) in [5.74, 6) is 0.485. The normalized spacial score (nSPS) is 33.7. The van der Waals surface area contributed by atoms with E-state index in [1.807, 2.05) is 12.1 Å². The van der Waals surface area contributed by atoms with Crippen molar-refractivity contribution in [1.29, 1.82) is 0 Å². The van der Waals surface area contributed by atoms with E-state index in [0.717, 1.165) is 26.0 Å². The molecule has 1 saturated carbocycles. The number of rotatable bonds is 1. The summed E-state index contributed by atoms with van der Waals surface area (Å²) in [7, 11) is 0. The van der Waals surface area contributed by atoms with E-state index in [0.29, 0.717) is 23.9 Å². The van der Waals surface area contributed by atoms with Crippen LogP contribution in [0.4, 0.5) is 0 Å². The lowest BCUT2D eigenvalue weighted by atomic mass is 9.88. The number of phenolic OH excluding ortho intramolecular Hbond substituents is 1. The van der Waals surface area contributed by atoms with Gasteiger partial charge in [0.2, 0.25) is 0 Å². The van der Waals surface area contributed by atoms with Crippen LogP contribution in [0.5, 0.6) is 5.75 Å². The first-order valence-corrected chi connectivity index (χ1v) is 8.02. The average Bonchev–Trinajstić information content (AvgIpc) is 2.92. The van der Waals surface area contributed by atoms with E-state index in [-0.39, 0.29) is 0 Å². The molecule has 1 N–H and O–H groups in total.